The van der Waals surface area contributed by atoms with Crippen molar-refractivity contribution in [2.24, 2.45) is 24.3 Å². The lowest BCUT2D eigenvalue weighted by Crippen LogP contribution is -2.49. The Bertz CT molecular complexity index is 1290. The van der Waals surface area contributed by atoms with Gasteiger partial charge in [0.05, 0.1) is 11.0 Å². The zero-order valence-electron chi connectivity index (χ0n) is 23.0. The number of carbonyl (C=O) groups excluding carboxylic acids is 3. The highest BCUT2D eigenvalue weighted by molar-refractivity contribution is 5.85. The van der Waals surface area contributed by atoms with E-state index in [-0.39, 0.29) is 23.6 Å². The Morgan fingerprint density at radius 2 is 1.87 bits per heavy atom. The molecule has 206 valence electrons. The van der Waals surface area contributed by atoms with E-state index in [9.17, 15) is 19.2 Å². The maximum atomic E-state index is 13.1. The number of carbonyl (C=O) groups is 3. The highest BCUT2D eigenvalue weighted by atomic mass is 16.6. The van der Waals surface area contributed by atoms with Gasteiger partial charge >= 0.3 is 11.8 Å². The molecule has 1 N–H and O–H groups in total. The fourth-order valence-corrected chi connectivity index (χ4v) is 6.66. The van der Waals surface area contributed by atoms with Gasteiger partial charge in [-0.2, -0.15) is 0 Å². The smallest absolute Gasteiger partial charge is 0.410 e. The topological polar surface area (TPSA) is 103 Å². The zero-order chi connectivity index (χ0) is 27.2. The molecule has 1 spiro atoms. The van der Waals surface area contributed by atoms with Crippen LogP contribution in [0.15, 0.2) is 23.0 Å². The van der Waals surface area contributed by atoms with Crippen LogP contribution in [-0.4, -0.2) is 57.6 Å². The molecule has 2 atom stereocenters. The van der Waals surface area contributed by atoms with Crippen molar-refractivity contribution in [3.8, 4) is 0 Å². The van der Waals surface area contributed by atoms with Crippen LogP contribution >= 0.6 is 0 Å². The average Bonchev–Trinajstić information content (AvgIpc) is 3.10. The van der Waals surface area contributed by atoms with Gasteiger partial charge < -0.3 is 19.7 Å². The van der Waals surface area contributed by atoms with Gasteiger partial charge in [0, 0.05) is 32.6 Å². The van der Waals surface area contributed by atoms with Gasteiger partial charge in [-0.05, 0) is 94.7 Å². The van der Waals surface area contributed by atoms with Crippen LogP contribution in [-0.2, 0) is 27.8 Å². The van der Waals surface area contributed by atoms with E-state index in [0.717, 1.165) is 56.1 Å². The molecule has 3 heterocycles. The normalized spacial score (nSPS) is 23.8. The SMILES string of the molecule is Cn1c(=O)n(C2CC(C=O)CNC2=O)c2ccc(CCC3CC4(CCN(C(=O)OC(C)(C)C)CC4)C3)cc21. The molecule has 0 bridgehead atoms. The average molecular weight is 525 g/mol. The fourth-order valence-electron chi connectivity index (χ4n) is 6.66. The first-order valence-electron chi connectivity index (χ1n) is 13.9. The third kappa shape index (κ3) is 5.12. The summed E-state index contributed by atoms with van der Waals surface area (Å²) >= 11 is 0. The van der Waals surface area contributed by atoms with Gasteiger partial charge in [-0.15, -0.1) is 0 Å². The molecule has 9 heteroatoms. The number of hydrogen-bond acceptors (Lipinski definition) is 5. The molecule has 2 saturated heterocycles. The predicted molar refractivity (Wildman–Crippen MR) is 144 cm³/mol. The highest BCUT2D eigenvalue weighted by Crippen LogP contribution is 2.54. The van der Waals surface area contributed by atoms with E-state index in [2.05, 4.69) is 17.4 Å². The second-order valence-corrected chi connectivity index (χ2v) is 12.7. The van der Waals surface area contributed by atoms with E-state index in [1.54, 1.807) is 16.2 Å². The van der Waals surface area contributed by atoms with Crippen LogP contribution < -0.4 is 11.0 Å². The van der Waals surface area contributed by atoms with Crippen LogP contribution in [0.25, 0.3) is 11.0 Å². The van der Waals surface area contributed by atoms with Crippen molar-refractivity contribution in [2.75, 3.05) is 19.6 Å². The minimum absolute atomic E-state index is 0.200. The number of hydrogen-bond donors (Lipinski definition) is 1. The Morgan fingerprint density at radius 3 is 2.53 bits per heavy atom. The fraction of sp³-hybridized carbons (Fsp3) is 0.655. The van der Waals surface area contributed by atoms with Crippen molar-refractivity contribution in [3.63, 3.8) is 0 Å². The summed E-state index contributed by atoms with van der Waals surface area (Å²) in [6.07, 6.45) is 7.55. The number of ether oxygens (including phenoxy) is 1. The van der Waals surface area contributed by atoms with E-state index in [0.29, 0.717) is 24.3 Å². The molecule has 3 fully saturated rings. The number of aryl methyl sites for hydroxylation is 2. The van der Waals surface area contributed by atoms with Crippen LogP contribution in [0.3, 0.4) is 0 Å². The molecule has 2 amide bonds. The number of nitrogens with one attached hydrogen (secondary N) is 1. The van der Waals surface area contributed by atoms with E-state index < -0.39 is 11.6 Å². The molecule has 2 aliphatic heterocycles. The van der Waals surface area contributed by atoms with Gasteiger partial charge in [-0.3, -0.25) is 13.9 Å². The van der Waals surface area contributed by atoms with Crippen molar-refractivity contribution in [2.45, 2.75) is 77.4 Å². The number of nitrogens with zero attached hydrogens (tertiary/aromatic N) is 3. The van der Waals surface area contributed by atoms with Crippen molar-refractivity contribution in [1.29, 1.82) is 0 Å². The number of aldehydes is 1. The number of fused-ring (bicyclic) bond motifs is 1. The standard InChI is InChI=1S/C29H40N4O5/c1-28(2,3)38-27(37)32-11-9-29(10-12-32)15-20(16-29)6-5-19-7-8-22-23(13-19)31(4)26(36)33(22)24-14-21(18-34)17-30-25(24)35/h7-8,13,18,20-21,24H,5-6,9-12,14-17H2,1-4H3,(H,30,35). The largest absolute Gasteiger partial charge is 0.444 e. The van der Waals surface area contributed by atoms with Crippen LogP contribution in [0.4, 0.5) is 4.79 Å². The minimum Gasteiger partial charge on any atom is -0.444 e. The predicted octanol–water partition coefficient (Wildman–Crippen LogP) is 3.58. The molecular formula is C29H40N4O5. The number of piperidine rings is 2. The molecule has 1 aliphatic carbocycles. The van der Waals surface area contributed by atoms with E-state index in [4.69, 9.17) is 4.74 Å². The van der Waals surface area contributed by atoms with Crippen LogP contribution in [0, 0.1) is 17.3 Å². The zero-order valence-corrected chi connectivity index (χ0v) is 23.0. The van der Waals surface area contributed by atoms with Gasteiger partial charge in [-0.1, -0.05) is 6.07 Å². The summed E-state index contributed by atoms with van der Waals surface area (Å²) in [6.45, 7) is 7.58. The number of benzene rings is 1. The summed E-state index contributed by atoms with van der Waals surface area (Å²) < 4.78 is 8.68. The molecule has 2 aromatic rings. The van der Waals surface area contributed by atoms with Gasteiger partial charge in [0.2, 0.25) is 5.91 Å². The molecule has 1 aromatic carbocycles. The minimum atomic E-state index is -0.672. The molecule has 1 saturated carbocycles. The van der Waals surface area contributed by atoms with Crippen molar-refractivity contribution in [3.05, 3.63) is 34.2 Å². The second kappa shape index (κ2) is 9.89. The summed E-state index contributed by atoms with van der Waals surface area (Å²) in [7, 11) is 1.74. The maximum Gasteiger partial charge on any atom is 0.410 e. The number of rotatable bonds is 5. The molecular weight excluding hydrogens is 484 g/mol. The number of imidazole rings is 1. The Labute approximate surface area is 223 Å². The van der Waals surface area contributed by atoms with Crippen LogP contribution in [0.2, 0.25) is 0 Å². The first-order valence-corrected chi connectivity index (χ1v) is 13.9. The van der Waals surface area contributed by atoms with Crippen molar-refractivity contribution >= 4 is 29.3 Å². The molecule has 2 unspecified atom stereocenters. The van der Waals surface area contributed by atoms with E-state index >= 15 is 0 Å². The quantitative estimate of drug-likeness (QED) is 0.603. The summed E-state index contributed by atoms with van der Waals surface area (Å²) in [5.74, 6) is 0.186. The summed E-state index contributed by atoms with van der Waals surface area (Å²) in [5.41, 5.74) is 2.40. The summed E-state index contributed by atoms with van der Waals surface area (Å²) in [6, 6.07) is 5.40. The Morgan fingerprint density at radius 1 is 1.16 bits per heavy atom. The van der Waals surface area contributed by atoms with E-state index in [1.165, 1.54) is 18.4 Å². The molecule has 1 aromatic heterocycles. The third-order valence-corrected chi connectivity index (χ3v) is 8.79. The van der Waals surface area contributed by atoms with Gasteiger partial charge in [-0.25, -0.2) is 9.59 Å². The summed E-state index contributed by atoms with van der Waals surface area (Å²) in [5, 5.41) is 2.77. The Hall–Kier alpha value is -3.10. The lowest BCUT2D eigenvalue weighted by atomic mass is 9.56. The van der Waals surface area contributed by atoms with Crippen LogP contribution in [0.1, 0.15) is 70.9 Å². The molecule has 3 aliphatic rings. The highest BCUT2D eigenvalue weighted by Gasteiger charge is 2.46. The lowest BCUT2D eigenvalue weighted by Gasteiger charge is -2.52. The van der Waals surface area contributed by atoms with Crippen LogP contribution in [0.5, 0.6) is 0 Å². The summed E-state index contributed by atoms with van der Waals surface area (Å²) in [4.78, 5) is 51.2. The molecule has 38 heavy (non-hydrogen) atoms. The first kappa shape index (κ1) is 26.5. The van der Waals surface area contributed by atoms with Crippen molar-refractivity contribution < 1.29 is 19.1 Å². The second-order valence-electron chi connectivity index (χ2n) is 12.7. The third-order valence-electron chi connectivity index (χ3n) is 8.79. The number of amides is 2. The van der Waals surface area contributed by atoms with Gasteiger partial charge in [0.15, 0.2) is 0 Å². The van der Waals surface area contributed by atoms with Crippen molar-refractivity contribution in [1.82, 2.24) is 19.4 Å². The molecule has 9 nitrogen and oxygen atoms in total. The molecule has 5 rings (SSSR count). The maximum absolute atomic E-state index is 13.1. The monoisotopic (exact) mass is 524 g/mol. The van der Waals surface area contributed by atoms with Gasteiger partial charge in [0.1, 0.15) is 17.9 Å². The number of likely N-dealkylation sites (tertiary alicyclic amines) is 1. The number of aromatic nitrogens is 2. The van der Waals surface area contributed by atoms with Gasteiger partial charge in [0.25, 0.3) is 0 Å². The Kier molecular flexibility index (Phi) is 6.90. The first-order chi connectivity index (χ1) is 18.0. The Balaban J connectivity index is 1.18. The molecule has 0 radical (unpaired) electrons. The lowest BCUT2D eigenvalue weighted by molar-refractivity contribution is -0.127. The van der Waals surface area contributed by atoms with E-state index in [1.807, 2.05) is 31.7 Å².